The van der Waals surface area contributed by atoms with E-state index in [4.69, 9.17) is 19.6 Å². The predicted octanol–water partition coefficient (Wildman–Crippen LogP) is 5.16. The van der Waals surface area contributed by atoms with Crippen molar-refractivity contribution in [2.75, 3.05) is 6.98 Å². The lowest BCUT2D eigenvalue weighted by Crippen LogP contribution is -2.43. The fraction of sp³-hybridized carbons (Fsp3) is 0.321. The van der Waals surface area contributed by atoms with Crippen LogP contribution in [0.15, 0.2) is 54.7 Å². The Bertz CT molecular complexity index is 1670. The maximum Gasteiger partial charge on any atom is 0.387 e. The van der Waals surface area contributed by atoms with Crippen molar-refractivity contribution in [1.29, 1.82) is 0 Å². The zero-order valence-electron chi connectivity index (χ0n) is 22.7. The number of aromatic nitrogens is 3. The molecule has 188 valence electrons. The number of pyridine rings is 1. The summed E-state index contributed by atoms with van der Waals surface area (Å²) in [6.07, 6.45) is 4.85. The number of hydrogen-bond donors (Lipinski definition) is 1. The van der Waals surface area contributed by atoms with Crippen LogP contribution in [0.1, 0.15) is 69.3 Å². The second-order valence-electron chi connectivity index (χ2n) is 10.0. The summed E-state index contributed by atoms with van der Waals surface area (Å²) >= 11 is 0. The quantitative estimate of drug-likeness (QED) is 0.415. The minimum Gasteiger partial charge on any atom is -0.434 e. The molecule has 37 heavy (non-hydrogen) atoms. The Morgan fingerprint density at radius 3 is 2.70 bits per heavy atom. The highest BCUT2D eigenvalue weighted by molar-refractivity contribution is 5.98. The molecule has 7 rings (SSSR count). The molecule has 3 aliphatic rings. The first-order valence-electron chi connectivity index (χ1n) is 13.7. The van der Waals surface area contributed by atoms with Crippen molar-refractivity contribution in [3.63, 3.8) is 0 Å². The Morgan fingerprint density at radius 2 is 2.00 bits per heavy atom. The molecule has 9 heteroatoms. The Balaban J connectivity index is 1.40. The summed E-state index contributed by atoms with van der Waals surface area (Å²) in [5.41, 5.74) is 10.2. The Morgan fingerprint density at radius 1 is 1.16 bits per heavy atom. The maximum atomic E-state index is 13.6. The van der Waals surface area contributed by atoms with Gasteiger partial charge in [0.05, 0.1) is 34.3 Å². The Hall–Kier alpha value is -3.85. The van der Waals surface area contributed by atoms with Crippen LogP contribution < -0.4 is 10.5 Å². The summed E-state index contributed by atoms with van der Waals surface area (Å²) in [5.74, 6) is -0.534. The van der Waals surface area contributed by atoms with E-state index in [2.05, 4.69) is 4.98 Å². The molecule has 0 unspecified atom stereocenters. The molecule has 0 radical (unpaired) electrons. The minimum absolute atomic E-state index is 0.0249. The molecule has 1 saturated carbocycles. The molecule has 4 heterocycles. The summed E-state index contributed by atoms with van der Waals surface area (Å²) < 4.78 is 58.0. The molecular formula is C28H25F2N5O2. The van der Waals surface area contributed by atoms with E-state index in [-0.39, 0.29) is 28.8 Å². The fourth-order valence-electron chi connectivity index (χ4n) is 5.96. The van der Waals surface area contributed by atoms with Crippen molar-refractivity contribution in [3.8, 4) is 16.9 Å². The second kappa shape index (κ2) is 7.82. The number of amides is 1. The van der Waals surface area contributed by atoms with E-state index in [0.717, 1.165) is 41.0 Å². The van der Waals surface area contributed by atoms with Crippen molar-refractivity contribution in [1.82, 2.24) is 19.4 Å². The number of alkyl halides is 2. The molecule has 2 bridgehead atoms. The first-order chi connectivity index (χ1) is 19.0. The third-order valence-corrected chi connectivity index (χ3v) is 8.00. The number of benzene rings is 2. The van der Waals surface area contributed by atoms with E-state index in [1.165, 1.54) is 18.2 Å². The van der Waals surface area contributed by atoms with Gasteiger partial charge in [0, 0.05) is 40.4 Å². The molecule has 1 fully saturated rings. The normalized spacial score (nSPS) is 23.1. The zero-order chi connectivity index (χ0) is 28.0. The number of ether oxygens (including phenoxy) is 1. The van der Waals surface area contributed by atoms with Crippen LogP contribution >= 0.6 is 0 Å². The van der Waals surface area contributed by atoms with Gasteiger partial charge in [0.2, 0.25) is 0 Å². The summed E-state index contributed by atoms with van der Waals surface area (Å²) in [7, 11) is 0. The van der Waals surface area contributed by atoms with Crippen molar-refractivity contribution in [2.24, 2.45) is 5.73 Å². The average Bonchev–Trinajstić information content (AvgIpc) is 3.39. The van der Waals surface area contributed by atoms with Crippen molar-refractivity contribution >= 4 is 16.9 Å². The Kier molecular flexibility index (Phi) is 4.08. The van der Waals surface area contributed by atoms with Crippen LogP contribution in [0.4, 0.5) is 8.78 Å². The van der Waals surface area contributed by atoms with Crippen LogP contribution in [0.25, 0.3) is 22.2 Å². The monoisotopic (exact) mass is 504 g/mol. The summed E-state index contributed by atoms with van der Waals surface area (Å²) in [6.45, 7) is -5.89. The highest BCUT2D eigenvalue weighted by Crippen LogP contribution is 2.50. The average molecular weight is 505 g/mol. The molecule has 2 aromatic carbocycles. The number of nitrogens with two attached hydrogens (primary N) is 1. The van der Waals surface area contributed by atoms with E-state index < -0.39 is 31.6 Å². The van der Waals surface area contributed by atoms with E-state index >= 15 is 0 Å². The highest BCUT2D eigenvalue weighted by atomic mass is 19.3. The Labute approximate surface area is 216 Å². The molecule has 2 N–H and O–H groups in total. The standard InChI is InChI=1S/C28H25F2N5O2/c1-34-21-13-20(24-17(26(34)36)4-2-5-22(24)37-27(29)30)35-19-12-15(6-8-18(19)33-25(21)35)16-7-9-23(32-14-16)28(31)10-3-11-28/h2,4-9,12,14,20-21,27H,3,10-11,13,31H2,1H3/t20-,21-/m1/s1/i1D3. The van der Waals surface area contributed by atoms with Crippen LogP contribution in [0.5, 0.6) is 5.75 Å². The minimum atomic E-state index is -3.12. The SMILES string of the molecule is [2H]C([2H])([2H])N1C(=O)c2cccc(OC(F)F)c2[C@H]2C[C@@H]1c1nc3ccc(-c4ccc(C5(N)CCC5)nc4)cc3n12. The van der Waals surface area contributed by atoms with Crippen molar-refractivity contribution < 1.29 is 22.4 Å². The van der Waals surface area contributed by atoms with Gasteiger partial charge in [-0.1, -0.05) is 18.2 Å². The molecule has 0 spiro atoms. The topological polar surface area (TPSA) is 86.3 Å². The van der Waals surface area contributed by atoms with E-state index in [0.29, 0.717) is 16.9 Å². The lowest BCUT2D eigenvalue weighted by atomic mass is 9.75. The predicted molar refractivity (Wildman–Crippen MR) is 133 cm³/mol. The van der Waals surface area contributed by atoms with Gasteiger partial charge in [-0.05, 0) is 55.2 Å². The molecule has 0 saturated heterocycles. The molecular weight excluding hydrogens is 476 g/mol. The third-order valence-electron chi connectivity index (χ3n) is 8.00. The highest BCUT2D eigenvalue weighted by Gasteiger charge is 2.45. The van der Waals surface area contributed by atoms with Gasteiger partial charge in [0.25, 0.3) is 5.91 Å². The molecule has 2 aliphatic heterocycles. The van der Waals surface area contributed by atoms with Gasteiger partial charge in [-0.25, -0.2) is 4.98 Å². The molecule has 2 atom stereocenters. The second-order valence-corrected chi connectivity index (χ2v) is 10.0. The largest absolute Gasteiger partial charge is 0.434 e. The molecule has 1 aliphatic carbocycles. The number of fused-ring (bicyclic) bond motifs is 9. The van der Waals surface area contributed by atoms with Crippen LogP contribution in [0.2, 0.25) is 0 Å². The molecule has 1 amide bonds. The molecule has 4 aromatic rings. The van der Waals surface area contributed by atoms with E-state index in [9.17, 15) is 13.6 Å². The number of carbonyl (C=O) groups is 1. The van der Waals surface area contributed by atoms with E-state index in [1.807, 2.05) is 34.9 Å². The summed E-state index contributed by atoms with van der Waals surface area (Å²) in [5, 5.41) is 0. The fourth-order valence-corrected chi connectivity index (χ4v) is 5.96. The van der Waals surface area contributed by atoms with Crippen molar-refractivity contribution in [3.05, 3.63) is 77.4 Å². The number of imidazole rings is 1. The molecule has 2 aromatic heterocycles. The lowest BCUT2D eigenvalue weighted by molar-refractivity contribution is -0.0507. The summed E-state index contributed by atoms with van der Waals surface area (Å²) in [6, 6.07) is 12.3. The van der Waals surface area contributed by atoms with Gasteiger partial charge in [-0.3, -0.25) is 9.78 Å². The summed E-state index contributed by atoms with van der Waals surface area (Å²) in [4.78, 5) is 23.8. The number of hydrogen-bond acceptors (Lipinski definition) is 5. The van der Waals surface area contributed by atoms with Crippen LogP contribution in [-0.2, 0) is 5.54 Å². The van der Waals surface area contributed by atoms with Crippen LogP contribution in [0, 0.1) is 0 Å². The molecule has 7 nitrogen and oxygen atoms in total. The first-order valence-corrected chi connectivity index (χ1v) is 12.2. The number of nitrogens with zero attached hydrogens (tertiary/aromatic N) is 4. The first kappa shape index (κ1) is 19.3. The number of halogens is 2. The van der Waals surface area contributed by atoms with Crippen LogP contribution in [0.3, 0.4) is 0 Å². The van der Waals surface area contributed by atoms with E-state index in [1.54, 1.807) is 6.20 Å². The van der Waals surface area contributed by atoms with Crippen LogP contribution in [-0.4, -0.2) is 38.9 Å². The van der Waals surface area contributed by atoms with Gasteiger partial charge in [0.15, 0.2) is 0 Å². The third kappa shape index (κ3) is 3.23. The maximum absolute atomic E-state index is 13.6. The van der Waals surface area contributed by atoms with Gasteiger partial charge in [-0.15, -0.1) is 0 Å². The zero-order valence-corrected chi connectivity index (χ0v) is 19.7. The lowest BCUT2D eigenvalue weighted by Gasteiger charge is -2.37. The number of carbonyl (C=O) groups excluding carboxylic acids is 1. The van der Waals surface area contributed by atoms with Gasteiger partial charge < -0.3 is 19.9 Å². The van der Waals surface area contributed by atoms with Gasteiger partial charge in [-0.2, -0.15) is 8.78 Å². The number of rotatable bonds is 4. The van der Waals surface area contributed by atoms with Gasteiger partial charge in [0.1, 0.15) is 11.6 Å². The van der Waals surface area contributed by atoms with Gasteiger partial charge >= 0.3 is 6.61 Å². The van der Waals surface area contributed by atoms with Crippen molar-refractivity contribution in [2.45, 2.75) is 49.9 Å². The smallest absolute Gasteiger partial charge is 0.387 e.